The van der Waals surface area contributed by atoms with Crippen LogP contribution in [0.25, 0.3) is 0 Å². The molecule has 140 valence electrons. The van der Waals surface area contributed by atoms with Crippen LogP contribution in [0.15, 0.2) is 36.4 Å². The summed E-state index contributed by atoms with van der Waals surface area (Å²) in [6.45, 7) is 2.72. The summed E-state index contributed by atoms with van der Waals surface area (Å²) in [5, 5.41) is 29.1. The first kappa shape index (κ1) is 21.3. The molecule has 2 atom stereocenters. The Morgan fingerprint density at radius 2 is 1.92 bits per heavy atom. The number of hydrogen-bond acceptors (Lipinski definition) is 6. The Labute approximate surface area is 151 Å². The third kappa shape index (κ3) is 6.66. The summed E-state index contributed by atoms with van der Waals surface area (Å²) in [5.41, 5.74) is 7.19. The predicted molar refractivity (Wildman–Crippen MR) is 95.0 cm³/mol. The minimum atomic E-state index is -1.12. The summed E-state index contributed by atoms with van der Waals surface area (Å²) in [7, 11) is 0. The van der Waals surface area contributed by atoms with Crippen LogP contribution < -0.4 is 16.5 Å². The Kier molecular flexibility index (Phi) is 7.96. The Morgan fingerprint density at radius 3 is 2.42 bits per heavy atom. The van der Waals surface area contributed by atoms with Crippen LogP contribution in [0.5, 0.6) is 0 Å². The number of amides is 2. The fourth-order valence-electron chi connectivity index (χ4n) is 1.92. The molecule has 0 aliphatic heterocycles. The first-order chi connectivity index (χ1) is 12.2. The van der Waals surface area contributed by atoms with E-state index in [0.717, 1.165) is 0 Å². The molecule has 0 radical (unpaired) electrons. The molecular weight excluding hydrogens is 338 g/mol. The molecule has 7 N–H and O–H groups in total. The second-order valence-corrected chi connectivity index (χ2v) is 6.16. The molecular formula is C18H23N3O5. The van der Waals surface area contributed by atoms with Crippen LogP contribution in [-0.4, -0.2) is 51.5 Å². The molecule has 0 aliphatic rings. The average molecular weight is 361 g/mol. The standard InChI is InChI=1S/C18H23N3O5/c1-18(2,19)15(17(25)21-26)20-16(24)13-9-7-12(8-10-13)5-3-4-6-14(23)11-22/h4,6-10,14-15,22-23,26H,11,19H2,1-2H3,(H,20,24)(H,21,25)/t14?,15-/m1/s1. The number of rotatable bonds is 6. The molecule has 0 aliphatic carbocycles. The molecule has 1 rings (SSSR count). The highest BCUT2D eigenvalue weighted by Crippen LogP contribution is 2.09. The molecule has 8 heteroatoms. The zero-order valence-corrected chi connectivity index (χ0v) is 14.6. The average Bonchev–Trinajstić information content (AvgIpc) is 2.61. The molecule has 1 unspecified atom stereocenters. The Hall–Kier alpha value is -2.70. The van der Waals surface area contributed by atoms with E-state index in [1.165, 1.54) is 29.8 Å². The van der Waals surface area contributed by atoms with Crippen molar-refractivity contribution in [1.29, 1.82) is 0 Å². The summed E-state index contributed by atoms with van der Waals surface area (Å²) in [5.74, 6) is 4.15. The molecule has 0 saturated carbocycles. The van der Waals surface area contributed by atoms with E-state index in [1.54, 1.807) is 26.0 Å². The van der Waals surface area contributed by atoms with Gasteiger partial charge in [-0.15, -0.1) is 0 Å². The van der Waals surface area contributed by atoms with Gasteiger partial charge in [-0.2, -0.15) is 0 Å². The maximum Gasteiger partial charge on any atom is 0.267 e. The van der Waals surface area contributed by atoms with Gasteiger partial charge in [0.05, 0.1) is 12.7 Å². The second-order valence-electron chi connectivity index (χ2n) is 6.16. The van der Waals surface area contributed by atoms with E-state index < -0.39 is 29.5 Å². The number of nitrogens with one attached hydrogen (secondary N) is 2. The molecule has 0 aromatic heterocycles. The highest BCUT2D eigenvalue weighted by Gasteiger charge is 2.33. The van der Waals surface area contributed by atoms with Gasteiger partial charge in [0.2, 0.25) is 0 Å². The lowest BCUT2D eigenvalue weighted by Crippen LogP contribution is -2.61. The molecule has 2 amide bonds. The maximum absolute atomic E-state index is 12.3. The van der Waals surface area contributed by atoms with E-state index in [1.807, 2.05) is 0 Å². The number of aliphatic hydroxyl groups excluding tert-OH is 2. The summed E-state index contributed by atoms with van der Waals surface area (Å²) in [6.07, 6.45) is 1.82. The van der Waals surface area contributed by atoms with Crippen molar-refractivity contribution in [3.63, 3.8) is 0 Å². The first-order valence-electron chi connectivity index (χ1n) is 7.80. The third-order valence-electron chi connectivity index (χ3n) is 3.34. The maximum atomic E-state index is 12.3. The van der Waals surface area contributed by atoms with Crippen molar-refractivity contribution >= 4 is 11.8 Å². The molecule has 26 heavy (non-hydrogen) atoms. The number of nitrogens with two attached hydrogens (primary N) is 1. The van der Waals surface area contributed by atoms with Gasteiger partial charge in [-0.05, 0) is 50.3 Å². The zero-order chi connectivity index (χ0) is 19.7. The molecule has 0 heterocycles. The number of hydroxylamine groups is 1. The van der Waals surface area contributed by atoms with Crippen LogP contribution >= 0.6 is 0 Å². The van der Waals surface area contributed by atoms with Gasteiger partial charge < -0.3 is 21.3 Å². The molecule has 8 nitrogen and oxygen atoms in total. The fraction of sp³-hybridized carbons (Fsp3) is 0.333. The molecule has 1 aromatic carbocycles. The van der Waals surface area contributed by atoms with Crippen LogP contribution in [0.2, 0.25) is 0 Å². The minimum absolute atomic E-state index is 0.293. The van der Waals surface area contributed by atoms with E-state index >= 15 is 0 Å². The van der Waals surface area contributed by atoms with Gasteiger partial charge >= 0.3 is 0 Å². The van der Waals surface area contributed by atoms with E-state index in [0.29, 0.717) is 11.1 Å². The first-order valence-corrected chi connectivity index (χ1v) is 7.80. The number of allylic oxidation sites excluding steroid dienone is 1. The van der Waals surface area contributed by atoms with Gasteiger partial charge in [-0.25, -0.2) is 5.48 Å². The summed E-state index contributed by atoms with van der Waals surface area (Å²) in [4.78, 5) is 24.0. The highest BCUT2D eigenvalue weighted by atomic mass is 16.5. The van der Waals surface area contributed by atoms with Crippen molar-refractivity contribution in [1.82, 2.24) is 10.8 Å². The number of hydrogen-bond donors (Lipinski definition) is 6. The van der Waals surface area contributed by atoms with E-state index in [2.05, 4.69) is 17.2 Å². The van der Waals surface area contributed by atoms with Crippen molar-refractivity contribution in [3.05, 3.63) is 47.5 Å². The molecule has 0 spiro atoms. The van der Waals surface area contributed by atoms with E-state index in [-0.39, 0.29) is 6.61 Å². The van der Waals surface area contributed by atoms with Gasteiger partial charge in [0.25, 0.3) is 11.8 Å². The lowest BCUT2D eigenvalue weighted by molar-refractivity contribution is -0.132. The molecule has 1 aromatic rings. The topological polar surface area (TPSA) is 145 Å². The smallest absolute Gasteiger partial charge is 0.267 e. The number of carbonyl (C=O) groups is 2. The third-order valence-corrected chi connectivity index (χ3v) is 3.34. The van der Waals surface area contributed by atoms with Gasteiger partial charge in [0.1, 0.15) is 6.04 Å². The van der Waals surface area contributed by atoms with E-state index in [9.17, 15) is 9.59 Å². The molecule has 0 fully saturated rings. The van der Waals surface area contributed by atoms with Crippen LogP contribution in [0, 0.1) is 11.8 Å². The molecule has 0 saturated heterocycles. The van der Waals surface area contributed by atoms with Crippen molar-refractivity contribution in [3.8, 4) is 11.8 Å². The Bertz CT molecular complexity index is 711. The van der Waals surface area contributed by atoms with Gasteiger partial charge in [0, 0.05) is 16.7 Å². The quantitative estimate of drug-likeness (QED) is 0.224. The second kappa shape index (κ2) is 9.70. The molecule has 0 bridgehead atoms. The number of carbonyl (C=O) groups excluding carboxylic acids is 2. The zero-order valence-electron chi connectivity index (χ0n) is 14.6. The lowest BCUT2D eigenvalue weighted by atomic mass is 9.95. The fourth-order valence-corrected chi connectivity index (χ4v) is 1.92. The van der Waals surface area contributed by atoms with Gasteiger partial charge in [0.15, 0.2) is 0 Å². The Balaban J connectivity index is 2.82. The van der Waals surface area contributed by atoms with Gasteiger partial charge in [-0.1, -0.05) is 11.8 Å². The summed E-state index contributed by atoms with van der Waals surface area (Å²) in [6, 6.07) is 5.17. The monoisotopic (exact) mass is 361 g/mol. The van der Waals surface area contributed by atoms with Crippen molar-refractivity contribution in [2.75, 3.05) is 6.61 Å². The lowest BCUT2D eigenvalue weighted by Gasteiger charge is -2.29. The number of benzene rings is 1. The minimum Gasteiger partial charge on any atom is -0.393 e. The van der Waals surface area contributed by atoms with Crippen LogP contribution in [0.4, 0.5) is 0 Å². The summed E-state index contributed by atoms with van der Waals surface area (Å²) < 4.78 is 0. The summed E-state index contributed by atoms with van der Waals surface area (Å²) >= 11 is 0. The SMILES string of the molecule is CC(C)(N)[C@H](NC(=O)c1ccc(C#CC=CC(O)CO)cc1)C(=O)NO. The van der Waals surface area contributed by atoms with Crippen molar-refractivity contribution in [2.45, 2.75) is 31.5 Å². The largest absolute Gasteiger partial charge is 0.393 e. The highest BCUT2D eigenvalue weighted by molar-refractivity contribution is 5.97. The van der Waals surface area contributed by atoms with Crippen LogP contribution in [-0.2, 0) is 4.79 Å². The van der Waals surface area contributed by atoms with Gasteiger partial charge in [-0.3, -0.25) is 14.8 Å². The Morgan fingerprint density at radius 1 is 1.31 bits per heavy atom. The van der Waals surface area contributed by atoms with Crippen molar-refractivity contribution < 1.29 is 25.0 Å². The normalized spacial score (nSPS) is 13.5. The van der Waals surface area contributed by atoms with Crippen LogP contribution in [0.1, 0.15) is 29.8 Å². The van der Waals surface area contributed by atoms with Crippen LogP contribution in [0.3, 0.4) is 0 Å². The van der Waals surface area contributed by atoms with E-state index in [4.69, 9.17) is 21.2 Å². The predicted octanol–water partition coefficient (Wildman–Crippen LogP) is -0.711. The van der Waals surface area contributed by atoms with Crippen molar-refractivity contribution in [2.24, 2.45) is 5.73 Å². The number of aliphatic hydroxyl groups is 2.